The lowest BCUT2D eigenvalue weighted by atomic mass is 10.1. The normalized spacial score (nSPS) is 11.3. The lowest BCUT2D eigenvalue weighted by Gasteiger charge is -2.01. The first kappa shape index (κ1) is 11.7. The maximum Gasteiger partial charge on any atom is 0.417 e. The molecule has 2 heterocycles. The molecule has 0 aliphatic rings. The van der Waals surface area contributed by atoms with Gasteiger partial charge in [0.25, 0.3) is 0 Å². The molecule has 0 spiro atoms. The molecule has 2 aromatic heterocycles. The first-order valence-electron chi connectivity index (χ1n) is 6.06. The molecule has 98 valence electrons. The molecule has 6 heteroatoms. The third-order valence-electron chi connectivity index (χ3n) is 2.99. The number of nitrogens with zero attached hydrogens (tertiary/aromatic N) is 1. The van der Waals surface area contributed by atoms with Gasteiger partial charge in [0.05, 0.1) is 11.2 Å². The van der Waals surface area contributed by atoms with Crippen molar-refractivity contribution in [1.82, 2.24) is 15.0 Å². The molecule has 0 aliphatic carbocycles. The van der Waals surface area contributed by atoms with E-state index in [0.717, 1.165) is 29.2 Å². The van der Waals surface area contributed by atoms with Crippen molar-refractivity contribution in [2.45, 2.75) is 13.3 Å². The number of nitrogens with one attached hydrogen (secondary N) is 2. The molecular weight excluding hydrogens is 244 g/mol. The highest BCUT2D eigenvalue weighted by Crippen LogP contribution is 2.25. The quantitative estimate of drug-likeness (QED) is 0.659. The summed E-state index contributed by atoms with van der Waals surface area (Å²) in [6.07, 6.45) is 0.727. The largest absolute Gasteiger partial charge is 0.417 e. The van der Waals surface area contributed by atoms with Crippen LogP contribution in [0.5, 0.6) is 0 Å². The molecule has 3 aromatic rings. The van der Waals surface area contributed by atoms with Gasteiger partial charge in [-0.25, -0.2) is 9.78 Å². The van der Waals surface area contributed by atoms with E-state index in [4.69, 9.17) is 10.2 Å². The minimum absolute atomic E-state index is 0.451. The molecule has 0 atom stereocenters. The molecule has 0 aliphatic heterocycles. The molecule has 19 heavy (non-hydrogen) atoms. The Kier molecular flexibility index (Phi) is 2.72. The summed E-state index contributed by atoms with van der Waals surface area (Å²) in [5.41, 5.74) is 9.57. The van der Waals surface area contributed by atoms with Gasteiger partial charge in [0.15, 0.2) is 5.58 Å². The highest BCUT2D eigenvalue weighted by molar-refractivity contribution is 5.79. The molecule has 0 radical (unpaired) electrons. The van der Waals surface area contributed by atoms with E-state index in [1.54, 1.807) is 0 Å². The molecular formula is C13H14N4O2. The average Bonchev–Trinajstić information content (AvgIpc) is 2.90. The summed E-state index contributed by atoms with van der Waals surface area (Å²) < 4.78 is 5.06. The zero-order valence-electron chi connectivity index (χ0n) is 10.5. The van der Waals surface area contributed by atoms with Crippen molar-refractivity contribution in [3.05, 3.63) is 40.3 Å². The number of H-pyrrole nitrogens is 2. The highest BCUT2D eigenvalue weighted by Gasteiger charge is 2.11. The predicted molar refractivity (Wildman–Crippen MR) is 71.9 cm³/mol. The van der Waals surface area contributed by atoms with Crippen molar-refractivity contribution in [2.24, 2.45) is 5.73 Å². The van der Waals surface area contributed by atoms with Crippen LogP contribution in [0.25, 0.3) is 22.4 Å². The Bertz CT molecular complexity index is 781. The number of fused-ring (bicyclic) bond motifs is 1. The van der Waals surface area contributed by atoms with Gasteiger partial charge in [-0.15, -0.1) is 0 Å². The van der Waals surface area contributed by atoms with Crippen LogP contribution in [0.4, 0.5) is 0 Å². The molecule has 1 aromatic carbocycles. The van der Waals surface area contributed by atoms with E-state index in [2.05, 4.69) is 15.0 Å². The first-order chi connectivity index (χ1) is 9.17. The van der Waals surface area contributed by atoms with E-state index < -0.39 is 5.76 Å². The average molecular weight is 258 g/mol. The van der Waals surface area contributed by atoms with Gasteiger partial charge in [0, 0.05) is 17.7 Å². The summed E-state index contributed by atoms with van der Waals surface area (Å²) >= 11 is 0. The van der Waals surface area contributed by atoms with Gasteiger partial charge in [0.1, 0.15) is 5.82 Å². The van der Waals surface area contributed by atoms with Crippen molar-refractivity contribution >= 4 is 11.1 Å². The summed E-state index contributed by atoms with van der Waals surface area (Å²) in [6.45, 7) is 2.45. The fraction of sp³-hybridized carbons (Fsp3) is 0.231. The van der Waals surface area contributed by atoms with E-state index in [9.17, 15) is 4.79 Å². The lowest BCUT2D eigenvalue weighted by molar-refractivity contribution is 0.555. The molecule has 0 saturated heterocycles. The minimum atomic E-state index is -0.451. The van der Waals surface area contributed by atoms with Crippen molar-refractivity contribution in [2.75, 3.05) is 6.54 Å². The van der Waals surface area contributed by atoms with Crippen molar-refractivity contribution in [3.63, 3.8) is 0 Å². The Morgan fingerprint density at radius 2 is 2.21 bits per heavy atom. The Morgan fingerprint density at radius 3 is 3.00 bits per heavy atom. The minimum Gasteiger partial charge on any atom is -0.408 e. The standard InChI is InChI=1S/C13H14N4O2/c1-7-15-10(4-5-14)12(16-7)8-2-3-9-11(6-8)19-13(18)17-9/h2-3,6H,4-5,14H2,1H3,(H,15,16)(H,17,18). The number of imidazole rings is 1. The number of aryl methyl sites for hydroxylation is 1. The monoisotopic (exact) mass is 258 g/mol. The lowest BCUT2D eigenvalue weighted by Crippen LogP contribution is -2.04. The molecule has 4 N–H and O–H groups in total. The molecule has 6 nitrogen and oxygen atoms in total. The molecule has 3 rings (SSSR count). The van der Waals surface area contributed by atoms with Crippen LogP contribution in [0, 0.1) is 6.92 Å². The topological polar surface area (TPSA) is 101 Å². The highest BCUT2D eigenvalue weighted by atomic mass is 16.4. The van der Waals surface area contributed by atoms with Crippen LogP contribution < -0.4 is 11.5 Å². The molecule has 0 unspecified atom stereocenters. The smallest absolute Gasteiger partial charge is 0.408 e. The van der Waals surface area contributed by atoms with Gasteiger partial charge < -0.3 is 15.1 Å². The van der Waals surface area contributed by atoms with Crippen LogP contribution in [-0.4, -0.2) is 21.5 Å². The fourth-order valence-electron chi connectivity index (χ4n) is 2.20. The second kappa shape index (κ2) is 4.40. The number of hydrogen-bond donors (Lipinski definition) is 3. The van der Waals surface area contributed by atoms with Gasteiger partial charge in [-0.1, -0.05) is 6.07 Å². The van der Waals surface area contributed by atoms with Crippen LogP contribution in [0.1, 0.15) is 11.5 Å². The Hall–Kier alpha value is -2.34. The van der Waals surface area contributed by atoms with Crippen LogP contribution in [0.2, 0.25) is 0 Å². The number of aromatic nitrogens is 3. The summed E-state index contributed by atoms with van der Waals surface area (Å²) in [6, 6.07) is 5.53. The molecule has 0 fully saturated rings. The van der Waals surface area contributed by atoms with Crippen LogP contribution >= 0.6 is 0 Å². The number of hydrogen-bond acceptors (Lipinski definition) is 4. The number of benzene rings is 1. The molecule has 0 saturated carbocycles. The fourth-order valence-corrected chi connectivity index (χ4v) is 2.20. The Morgan fingerprint density at radius 1 is 1.37 bits per heavy atom. The molecule has 0 bridgehead atoms. The van der Waals surface area contributed by atoms with E-state index >= 15 is 0 Å². The number of rotatable bonds is 3. The van der Waals surface area contributed by atoms with Crippen LogP contribution in [0.15, 0.2) is 27.4 Å². The number of aromatic amines is 2. The van der Waals surface area contributed by atoms with Gasteiger partial charge in [0.2, 0.25) is 0 Å². The molecule has 0 amide bonds. The second-order valence-electron chi connectivity index (χ2n) is 4.41. The van der Waals surface area contributed by atoms with E-state index in [-0.39, 0.29) is 0 Å². The van der Waals surface area contributed by atoms with Crippen molar-refractivity contribution < 1.29 is 4.42 Å². The predicted octanol–water partition coefficient (Wildman–Crippen LogP) is 1.32. The summed E-state index contributed by atoms with van der Waals surface area (Å²) in [5.74, 6) is 0.390. The van der Waals surface area contributed by atoms with Crippen LogP contribution in [-0.2, 0) is 6.42 Å². The van der Waals surface area contributed by atoms with Gasteiger partial charge in [-0.2, -0.15) is 0 Å². The van der Waals surface area contributed by atoms with Crippen molar-refractivity contribution in [1.29, 1.82) is 0 Å². The van der Waals surface area contributed by atoms with E-state index in [1.807, 2.05) is 25.1 Å². The maximum atomic E-state index is 11.1. The second-order valence-corrected chi connectivity index (χ2v) is 4.41. The van der Waals surface area contributed by atoms with Gasteiger partial charge >= 0.3 is 5.76 Å². The van der Waals surface area contributed by atoms with Crippen LogP contribution in [0.3, 0.4) is 0 Å². The third kappa shape index (κ3) is 2.06. The maximum absolute atomic E-state index is 11.1. The van der Waals surface area contributed by atoms with Crippen molar-refractivity contribution in [3.8, 4) is 11.3 Å². The number of oxazole rings is 1. The zero-order valence-corrected chi connectivity index (χ0v) is 10.5. The first-order valence-corrected chi connectivity index (χ1v) is 6.06. The summed E-state index contributed by atoms with van der Waals surface area (Å²) in [7, 11) is 0. The SMILES string of the molecule is Cc1nc(-c2ccc3[nH]c(=O)oc3c2)c(CCN)[nH]1. The Balaban J connectivity index is 2.15. The zero-order chi connectivity index (χ0) is 13.4. The summed E-state index contributed by atoms with van der Waals surface area (Å²) in [4.78, 5) is 21.4. The summed E-state index contributed by atoms with van der Waals surface area (Å²) in [5, 5.41) is 0. The Labute approximate surface area is 108 Å². The number of nitrogens with two attached hydrogens (primary N) is 1. The third-order valence-corrected chi connectivity index (χ3v) is 2.99. The van der Waals surface area contributed by atoms with Gasteiger partial charge in [-0.3, -0.25) is 4.98 Å². The van der Waals surface area contributed by atoms with Gasteiger partial charge in [-0.05, 0) is 25.6 Å². The van der Waals surface area contributed by atoms with E-state index in [0.29, 0.717) is 17.6 Å². The van der Waals surface area contributed by atoms with E-state index in [1.165, 1.54) is 0 Å².